The Hall–Kier alpha value is -1.51. The van der Waals surface area contributed by atoms with Crippen LogP contribution in [0.2, 0.25) is 0 Å². The Labute approximate surface area is 68.9 Å². The summed E-state index contributed by atoms with van der Waals surface area (Å²) in [7, 11) is 1.83. The third-order valence-electron chi connectivity index (χ3n) is 1.40. The molecule has 1 heterocycles. The Morgan fingerprint density at radius 2 is 2.45 bits per heavy atom. The molecule has 0 amide bonds. The largest absolute Gasteiger partial charge is 0.399 e. The van der Waals surface area contributed by atoms with E-state index in [1.165, 1.54) is 0 Å². The molecule has 0 aliphatic carbocycles. The maximum atomic E-state index is 5.48. The molecule has 0 radical (unpaired) electrons. The first-order valence-electron chi connectivity index (χ1n) is 3.31. The van der Waals surface area contributed by atoms with Gasteiger partial charge in [-0.3, -0.25) is 4.98 Å². The van der Waals surface area contributed by atoms with Crippen LogP contribution < -0.4 is 11.1 Å². The van der Waals surface area contributed by atoms with E-state index >= 15 is 0 Å². The van der Waals surface area contributed by atoms with Gasteiger partial charge in [0.2, 0.25) is 0 Å². The third-order valence-corrected chi connectivity index (χ3v) is 1.40. The predicted molar refractivity (Wildman–Crippen MR) is 51.2 cm³/mol. The Morgan fingerprint density at radius 3 is 3.00 bits per heavy atom. The molecule has 1 rings (SSSR count). The van der Waals surface area contributed by atoms with Crippen molar-refractivity contribution >= 4 is 11.4 Å². The topological polar surface area (TPSA) is 50.9 Å². The van der Waals surface area contributed by atoms with Crippen molar-refractivity contribution in [2.45, 2.75) is 0 Å². The first-order chi connectivity index (χ1) is 5.24. The minimum absolute atomic E-state index is 0. The predicted octanol–water partition coefficient (Wildman–Crippen LogP) is 1.54. The summed E-state index contributed by atoms with van der Waals surface area (Å²) in [6.45, 7) is 3.61. The second-order valence-electron chi connectivity index (χ2n) is 2.24. The fraction of sp³-hybridized carbons (Fsp3) is 0.125. The zero-order valence-electron chi connectivity index (χ0n) is 6.46. The summed E-state index contributed by atoms with van der Waals surface area (Å²) in [4.78, 5) is 3.97. The van der Waals surface area contributed by atoms with Crippen molar-refractivity contribution in [1.82, 2.24) is 4.98 Å². The van der Waals surface area contributed by atoms with Crippen molar-refractivity contribution in [3.05, 3.63) is 30.6 Å². The van der Waals surface area contributed by atoms with Crippen LogP contribution in [-0.4, -0.2) is 12.0 Å². The van der Waals surface area contributed by atoms with Crippen LogP contribution in [0.4, 0.5) is 5.69 Å². The molecule has 0 saturated heterocycles. The van der Waals surface area contributed by atoms with Crippen LogP contribution in [0.3, 0.4) is 0 Å². The lowest BCUT2D eigenvalue weighted by molar-refractivity contribution is 1.29. The monoisotopic (exact) mass is 153 g/mol. The molecule has 0 atom stereocenters. The van der Waals surface area contributed by atoms with Crippen LogP contribution in [-0.2, 0) is 0 Å². The number of pyridine rings is 1. The number of hydrogen-bond donors (Lipinski definition) is 2. The van der Waals surface area contributed by atoms with Crippen LogP contribution in [0.5, 0.6) is 0 Å². The molecule has 1 aromatic rings. The van der Waals surface area contributed by atoms with E-state index in [-0.39, 0.29) is 2.85 Å². The molecule has 0 aliphatic rings. The van der Waals surface area contributed by atoms with Crippen molar-refractivity contribution in [3.63, 3.8) is 0 Å². The van der Waals surface area contributed by atoms with Gasteiger partial charge in [-0.15, -0.1) is 0 Å². The molecule has 0 aliphatic heterocycles. The van der Waals surface area contributed by atoms with Crippen molar-refractivity contribution in [3.8, 4) is 0 Å². The number of nitrogens with zero attached hydrogens (tertiary/aromatic N) is 1. The van der Waals surface area contributed by atoms with Crippen LogP contribution in [0.1, 0.15) is 8.42 Å². The molecule has 1 aromatic heterocycles. The molecular formula is C8H15N3. The van der Waals surface area contributed by atoms with Gasteiger partial charge in [-0.2, -0.15) is 0 Å². The summed E-state index contributed by atoms with van der Waals surface area (Å²) in [6.07, 6.45) is 3.41. The summed E-state index contributed by atoms with van der Waals surface area (Å²) >= 11 is 0. The maximum Gasteiger partial charge on any atom is 0.0530 e. The van der Waals surface area contributed by atoms with Gasteiger partial charge in [0, 0.05) is 33.6 Å². The first-order valence-corrected chi connectivity index (χ1v) is 3.31. The Balaban J connectivity index is 0. The van der Waals surface area contributed by atoms with Gasteiger partial charge in [-0.25, -0.2) is 0 Å². The summed E-state index contributed by atoms with van der Waals surface area (Å²) in [5.74, 6) is 0. The standard InChI is InChI=1S/C8H11N3.2H2/c1-6(9)7-3-8(10-2)5-11-4-7;;/h3-5,10H,1,9H2,2H3;2*1H. The number of aromatic nitrogens is 1. The number of nitrogens with two attached hydrogens (primary N) is 1. The zero-order chi connectivity index (χ0) is 8.27. The molecule has 62 valence electrons. The molecule has 3 nitrogen and oxygen atoms in total. The number of anilines is 1. The highest BCUT2D eigenvalue weighted by Crippen LogP contribution is 2.10. The van der Waals surface area contributed by atoms with Crippen molar-refractivity contribution in [2.75, 3.05) is 12.4 Å². The highest BCUT2D eigenvalue weighted by molar-refractivity contribution is 5.62. The molecule has 11 heavy (non-hydrogen) atoms. The Morgan fingerprint density at radius 1 is 1.73 bits per heavy atom. The molecular weight excluding hydrogens is 138 g/mol. The Kier molecular flexibility index (Phi) is 2.11. The van der Waals surface area contributed by atoms with E-state index in [4.69, 9.17) is 5.73 Å². The minimum atomic E-state index is 0. The van der Waals surface area contributed by atoms with Gasteiger partial charge < -0.3 is 11.1 Å². The summed E-state index contributed by atoms with van der Waals surface area (Å²) < 4.78 is 0. The van der Waals surface area contributed by atoms with Crippen LogP contribution in [0.15, 0.2) is 25.0 Å². The lowest BCUT2D eigenvalue weighted by Crippen LogP contribution is -1.96. The minimum Gasteiger partial charge on any atom is -0.399 e. The molecule has 0 fully saturated rings. The Bertz CT molecular complexity index is 276. The van der Waals surface area contributed by atoms with Crippen molar-refractivity contribution < 1.29 is 2.85 Å². The molecule has 3 heteroatoms. The fourth-order valence-corrected chi connectivity index (χ4v) is 0.752. The highest BCUT2D eigenvalue weighted by atomic mass is 14.8. The molecule has 0 unspecified atom stereocenters. The summed E-state index contributed by atoms with van der Waals surface area (Å²) in [5.41, 5.74) is 7.81. The average Bonchev–Trinajstić information content (AvgIpc) is 2.05. The smallest absolute Gasteiger partial charge is 0.0530 e. The molecule has 0 spiro atoms. The molecule has 0 saturated carbocycles. The van der Waals surface area contributed by atoms with Gasteiger partial charge in [0.15, 0.2) is 0 Å². The third kappa shape index (κ3) is 1.70. The van der Waals surface area contributed by atoms with Gasteiger partial charge >= 0.3 is 0 Å². The van der Waals surface area contributed by atoms with Gasteiger partial charge in [-0.1, -0.05) is 6.58 Å². The van der Waals surface area contributed by atoms with Crippen LogP contribution in [0.25, 0.3) is 5.70 Å². The van der Waals surface area contributed by atoms with Crippen molar-refractivity contribution in [2.24, 2.45) is 5.73 Å². The lowest BCUT2D eigenvalue weighted by Gasteiger charge is -2.01. The van der Waals surface area contributed by atoms with Gasteiger partial charge in [0.05, 0.1) is 5.69 Å². The number of nitrogens with one attached hydrogen (secondary N) is 1. The van der Waals surface area contributed by atoms with Gasteiger partial charge in [0.25, 0.3) is 0 Å². The van der Waals surface area contributed by atoms with E-state index in [0.29, 0.717) is 5.70 Å². The summed E-state index contributed by atoms with van der Waals surface area (Å²) in [5, 5.41) is 2.96. The zero-order valence-corrected chi connectivity index (χ0v) is 6.46. The van der Waals surface area contributed by atoms with Crippen molar-refractivity contribution in [1.29, 1.82) is 0 Å². The van der Waals surface area contributed by atoms with E-state index in [1.54, 1.807) is 12.4 Å². The highest BCUT2D eigenvalue weighted by Gasteiger charge is 1.94. The number of hydrogen-bond acceptors (Lipinski definition) is 3. The first kappa shape index (κ1) is 7.60. The molecule has 3 N–H and O–H groups in total. The van der Waals surface area contributed by atoms with E-state index in [0.717, 1.165) is 11.3 Å². The van der Waals surface area contributed by atoms with Gasteiger partial charge in [0.1, 0.15) is 0 Å². The number of rotatable bonds is 2. The van der Waals surface area contributed by atoms with E-state index in [9.17, 15) is 0 Å². The quantitative estimate of drug-likeness (QED) is 0.677. The molecule has 0 aromatic carbocycles. The van der Waals surface area contributed by atoms with E-state index < -0.39 is 0 Å². The average molecular weight is 153 g/mol. The normalized spacial score (nSPS) is 9.18. The van der Waals surface area contributed by atoms with Crippen LogP contribution >= 0.6 is 0 Å². The second kappa shape index (κ2) is 3.05. The molecule has 0 bridgehead atoms. The van der Waals surface area contributed by atoms with E-state index in [1.807, 2.05) is 13.1 Å². The second-order valence-corrected chi connectivity index (χ2v) is 2.24. The SMILES string of the molecule is C=C(N)c1cncc(NC)c1.[HH].[HH]. The summed E-state index contributed by atoms with van der Waals surface area (Å²) in [6, 6.07) is 1.90. The fourth-order valence-electron chi connectivity index (χ4n) is 0.752. The maximum absolute atomic E-state index is 5.48. The van der Waals surface area contributed by atoms with Crippen LogP contribution in [0, 0.1) is 0 Å². The lowest BCUT2D eigenvalue weighted by atomic mass is 10.2. The van der Waals surface area contributed by atoms with Gasteiger partial charge in [-0.05, 0) is 6.07 Å². The van der Waals surface area contributed by atoms with E-state index in [2.05, 4.69) is 16.9 Å².